The lowest BCUT2D eigenvalue weighted by molar-refractivity contribution is 0.00644. The summed E-state index contributed by atoms with van der Waals surface area (Å²) in [4.78, 5) is 0. The molecule has 0 saturated carbocycles. The van der Waals surface area contributed by atoms with Crippen molar-refractivity contribution in [1.29, 1.82) is 0 Å². The van der Waals surface area contributed by atoms with Gasteiger partial charge in [-0.25, -0.2) is 0 Å². The van der Waals surface area contributed by atoms with Crippen LogP contribution in [0.25, 0.3) is 0 Å². The van der Waals surface area contributed by atoms with Crippen LogP contribution < -0.4 is 5.73 Å². The number of nitrogens with two attached hydrogens (primary N) is 1. The summed E-state index contributed by atoms with van der Waals surface area (Å²) in [6.45, 7) is 6.30. The molecule has 2 heteroatoms. The second kappa shape index (κ2) is 3.05. The van der Waals surface area contributed by atoms with Crippen LogP contribution in [0.2, 0.25) is 0 Å². The zero-order valence-electron chi connectivity index (χ0n) is 5.77. The van der Waals surface area contributed by atoms with E-state index in [1.54, 1.807) is 0 Å². The predicted octanol–water partition coefficient (Wildman–Crippen LogP) is 0.922. The Bertz CT molecular complexity index is 61.5. The van der Waals surface area contributed by atoms with Crippen LogP contribution in [0.3, 0.4) is 0 Å². The van der Waals surface area contributed by atoms with Crippen LogP contribution in [0.15, 0.2) is 0 Å². The minimum atomic E-state index is -0.533. The molecule has 1 unspecified atom stereocenters. The van der Waals surface area contributed by atoms with Crippen LogP contribution in [0.5, 0.6) is 0 Å². The molecule has 0 spiro atoms. The molecule has 0 fully saturated rings. The largest absolute Gasteiger partial charge is 0.361 e. The van der Waals surface area contributed by atoms with Gasteiger partial charge in [-0.3, -0.25) is 0 Å². The Kier molecular flexibility index (Phi) is 3.02. The minimum absolute atomic E-state index is 0.533. The van der Waals surface area contributed by atoms with Gasteiger partial charge >= 0.3 is 0 Å². The van der Waals surface area contributed by atoms with Crippen molar-refractivity contribution >= 4 is 0 Å². The lowest BCUT2D eigenvalue weighted by Crippen LogP contribution is -2.38. The van der Waals surface area contributed by atoms with Gasteiger partial charge in [-0.05, 0) is 13.8 Å². The second-order valence-electron chi connectivity index (χ2n) is 1.91. The van der Waals surface area contributed by atoms with E-state index in [-0.39, 0.29) is 0 Å². The Labute approximate surface area is 51.0 Å². The van der Waals surface area contributed by atoms with Gasteiger partial charge in [0, 0.05) is 13.0 Å². The molecule has 0 aliphatic heterocycles. The van der Waals surface area contributed by atoms with Crippen molar-refractivity contribution in [2.24, 2.45) is 5.73 Å². The van der Waals surface area contributed by atoms with Gasteiger partial charge in [0.1, 0.15) is 5.72 Å². The Morgan fingerprint density at radius 2 is 2.25 bits per heavy atom. The molecule has 0 aromatic rings. The number of ether oxygens (including phenoxy) is 1. The van der Waals surface area contributed by atoms with Gasteiger partial charge < -0.3 is 10.5 Å². The van der Waals surface area contributed by atoms with Crippen LogP contribution in [0.4, 0.5) is 0 Å². The molecule has 0 saturated heterocycles. The highest BCUT2D eigenvalue weighted by molar-refractivity contribution is 4.79. The van der Waals surface area contributed by atoms with E-state index in [4.69, 9.17) is 10.5 Å². The van der Waals surface area contributed by atoms with Crippen LogP contribution in [0, 0.1) is 6.42 Å². The van der Waals surface area contributed by atoms with Crippen LogP contribution in [-0.2, 0) is 4.74 Å². The Balaban J connectivity index is 3.37. The Hall–Kier alpha value is -0.0800. The quantitative estimate of drug-likeness (QED) is 0.556. The van der Waals surface area contributed by atoms with E-state index in [9.17, 15) is 0 Å². The summed E-state index contributed by atoms with van der Waals surface area (Å²) in [6, 6.07) is 0. The average Bonchev–Trinajstić information content (AvgIpc) is 1.67. The van der Waals surface area contributed by atoms with E-state index in [1.165, 1.54) is 0 Å². The van der Waals surface area contributed by atoms with Gasteiger partial charge in [0.25, 0.3) is 0 Å². The SMILES string of the molecule is C[CH]C(C)(N)OCC. The van der Waals surface area contributed by atoms with E-state index in [1.807, 2.05) is 27.2 Å². The molecule has 8 heavy (non-hydrogen) atoms. The molecule has 49 valence electrons. The molecule has 1 radical (unpaired) electrons. The first kappa shape index (κ1) is 7.92. The maximum absolute atomic E-state index is 5.55. The predicted molar refractivity (Wildman–Crippen MR) is 34.2 cm³/mol. The average molecular weight is 116 g/mol. The fourth-order valence-corrected chi connectivity index (χ4v) is 0.394. The molecule has 0 rings (SSSR count). The number of hydrogen-bond donors (Lipinski definition) is 1. The van der Waals surface area contributed by atoms with Gasteiger partial charge in [0.15, 0.2) is 0 Å². The molecular weight excluding hydrogens is 102 g/mol. The monoisotopic (exact) mass is 116 g/mol. The molecule has 0 amide bonds. The highest BCUT2D eigenvalue weighted by Gasteiger charge is 2.13. The molecule has 0 aromatic heterocycles. The van der Waals surface area contributed by atoms with E-state index in [0.29, 0.717) is 6.61 Å². The fourth-order valence-electron chi connectivity index (χ4n) is 0.394. The summed E-state index contributed by atoms with van der Waals surface area (Å²) in [7, 11) is 0. The molecule has 2 nitrogen and oxygen atoms in total. The van der Waals surface area contributed by atoms with Crippen molar-refractivity contribution in [3.8, 4) is 0 Å². The molecule has 1 atom stereocenters. The lowest BCUT2D eigenvalue weighted by atomic mass is 10.2. The zero-order chi connectivity index (χ0) is 6.62. The third-order valence-corrected chi connectivity index (χ3v) is 1.03. The molecule has 0 heterocycles. The molecule has 0 aliphatic rings. The summed E-state index contributed by atoms with van der Waals surface area (Å²) < 4.78 is 5.10. The maximum atomic E-state index is 5.55. The first-order valence-corrected chi connectivity index (χ1v) is 2.85. The molecule has 0 aromatic carbocycles. The van der Waals surface area contributed by atoms with Crippen molar-refractivity contribution in [2.75, 3.05) is 6.61 Å². The normalized spacial score (nSPS) is 18.0. The van der Waals surface area contributed by atoms with Crippen molar-refractivity contribution in [1.82, 2.24) is 0 Å². The van der Waals surface area contributed by atoms with E-state index in [0.717, 1.165) is 0 Å². The van der Waals surface area contributed by atoms with Gasteiger partial charge in [-0.1, -0.05) is 6.92 Å². The summed E-state index contributed by atoms with van der Waals surface area (Å²) in [5.74, 6) is 0. The van der Waals surface area contributed by atoms with E-state index in [2.05, 4.69) is 0 Å². The van der Waals surface area contributed by atoms with Gasteiger partial charge in [0.2, 0.25) is 0 Å². The fraction of sp³-hybridized carbons (Fsp3) is 0.833. The Morgan fingerprint density at radius 1 is 1.75 bits per heavy atom. The van der Waals surface area contributed by atoms with Crippen molar-refractivity contribution < 1.29 is 4.74 Å². The van der Waals surface area contributed by atoms with Gasteiger partial charge in [0.05, 0.1) is 0 Å². The molecule has 0 aliphatic carbocycles. The second-order valence-corrected chi connectivity index (χ2v) is 1.91. The van der Waals surface area contributed by atoms with E-state index < -0.39 is 5.72 Å². The standard InChI is InChI=1S/C6H14NO/c1-4-6(3,7)8-5-2/h4H,5,7H2,1-3H3. The first-order valence-electron chi connectivity index (χ1n) is 2.85. The van der Waals surface area contributed by atoms with Gasteiger partial charge in [-0.15, -0.1) is 0 Å². The minimum Gasteiger partial charge on any atom is -0.361 e. The Morgan fingerprint density at radius 3 is 2.38 bits per heavy atom. The first-order chi connectivity index (χ1) is 3.62. The number of rotatable bonds is 3. The van der Waals surface area contributed by atoms with E-state index >= 15 is 0 Å². The highest BCUT2D eigenvalue weighted by Crippen LogP contribution is 2.03. The van der Waals surface area contributed by atoms with Crippen molar-refractivity contribution in [3.63, 3.8) is 0 Å². The van der Waals surface area contributed by atoms with Crippen molar-refractivity contribution in [2.45, 2.75) is 26.5 Å². The smallest absolute Gasteiger partial charge is 0.116 e. The maximum Gasteiger partial charge on any atom is 0.116 e. The summed E-state index contributed by atoms with van der Waals surface area (Å²) in [5, 5.41) is 0. The van der Waals surface area contributed by atoms with Crippen LogP contribution in [0.1, 0.15) is 20.8 Å². The third-order valence-electron chi connectivity index (χ3n) is 1.03. The molecule has 2 N–H and O–H groups in total. The van der Waals surface area contributed by atoms with Crippen LogP contribution >= 0.6 is 0 Å². The lowest BCUT2D eigenvalue weighted by Gasteiger charge is -2.21. The topological polar surface area (TPSA) is 35.2 Å². The summed E-state index contributed by atoms with van der Waals surface area (Å²) in [5.41, 5.74) is 5.02. The summed E-state index contributed by atoms with van der Waals surface area (Å²) >= 11 is 0. The number of hydrogen-bond acceptors (Lipinski definition) is 2. The molecule has 0 bridgehead atoms. The van der Waals surface area contributed by atoms with Gasteiger partial charge in [-0.2, -0.15) is 0 Å². The molecular formula is C6H14NO. The third kappa shape index (κ3) is 2.99. The van der Waals surface area contributed by atoms with Crippen LogP contribution in [-0.4, -0.2) is 12.3 Å². The highest BCUT2D eigenvalue weighted by atomic mass is 16.5. The van der Waals surface area contributed by atoms with Crippen molar-refractivity contribution in [3.05, 3.63) is 6.42 Å². The summed E-state index contributed by atoms with van der Waals surface area (Å²) in [6.07, 6.45) is 1.83. The zero-order valence-corrected chi connectivity index (χ0v) is 5.77.